The molecule has 0 heterocycles. The van der Waals surface area contributed by atoms with Gasteiger partial charge in [-0.25, -0.2) is 0 Å². The van der Waals surface area contributed by atoms with Gasteiger partial charge in [-0.1, -0.05) is 48.9 Å². The second-order valence-electron chi connectivity index (χ2n) is 3.40. The molecule has 0 nitrogen and oxygen atoms in total. The van der Waals surface area contributed by atoms with Crippen LogP contribution in [-0.4, -0.2) is 0 Å². The number of aryl methyl sites for hydroxylation is 2. The van der Waals surface area contributed by atoms with Crippen LogP contribution in [0, 0.1) is 6.92 Å². The minimum atomic E-state index is 1.15. The maximum absolute atomic E-state index is 2.26. The van der Waals surface area contributed by atoms with Gasteiger partial charge in [0.15, 0.2) is 0 Å². The van der Waals surface area contributed by atoms with Crippen LogP contribution in [0.2, 0.25) is 0 Å². The summed E-state index contributed by atoms with van der Waals surface area (Å²) in [5.74, 6) is 0. The Bertz CT molecular complexity index is 254. The molecule has 13 heavy (non-hydrogen) atoms. The predicted octanol–water partition coefficient (Wildman–Crippen LogP) is 3.89. The van der Waals surface area contributed by atoms with Gasteiger partial charge in [0.05, 0.1) is 0 Å². The molecular weight excluding hydrogens is 156 g/mol. The zero-order valence-electron chi connectivity index (χ0n) is 8.59. The summed E-state index contributed by atoms with van der Waals surface area (Å²) < 4.78 is 0. The van der Waals surface area contributed by atoms with Crippen LogP contribution >= 0.6 is 0 Å². The van der Waals surface area contributed by atoms with Crippen molar-refractivity contribution in [1.82, 2.24) is 0 Å². The van der Waals surface area contributed by atoms with Crippen molar-refractivity contribution >= 4 is 0 Å². The van der Waals surface area contributed by atoms with Gasteiger partial charge in [-0.15, -0.1) is 0 Å². The Morgan fingerprint density at radius 1 is 1.08 bits per heavy atom. The predicted molar refractivity (Wildman–Crippen MR) is 58.9 cm³/mol. The molecule has 0 unspecified atom stereocenters. The monoisotopic (exact) mass is 174 g/mol. The topological polar surface area (TPSA) is 0 Å². The fourth-order valence-corrected chi connectivity index (χ4v) is 1.29. The first-order chi connectivity index (χ1) is 6.33. The zero-order valence-corrected chi connectivity index (χ0v) is 8.59. The highest BCUT2D eigenvalue weighted by molar-refractivity contribution is 5.21. The van der Waals surface area contributed by atoms with Crippen LogP contribution in [0.15, 0.2) is 36.4 Å². The third-order valence-corrected chi connectivity index (χ3v) is 2.12. The minimum Gasteiger partial charge on any atom is -0.0888 e. The third-order valence-electron chi connectivity index (χ3n) is 2.12. The van der Waals surface area contributed by atoms with Crippen molar-refractivity contribution < 1.29 is 0 Å². The van der Waals surface area contributed by atoms with Crippen molar-refractivity contribution in [1.29, 1.82) is 0 Å². The molecule has 0 aliphatic rings. The molecule has 0 heteroatoms. The van der Waals surface area contributed by atoms with Gasteiger partial charge in [0.1, 0.15) is 0 Å². The fraction of sp³-hybridized carbons (Fsp3) is 0.385. The number of rotatable bonds is 4. The molecule has 0 aromatic heterocycles. The molecule has 1 aromatic carbocycles. The lowest BCUT2D eigenvalue weighted by Gasteiger charge is -1.98. The molecule has 70 valence electrons. The van der Waals surface area contributed by atoms with Gasteiger partial charge in [-0.2, -0.15) is 0 Å². The second kappa shape index (κ2) is 5.58. The van der Waals surface area contributed by atoms with Crippen LogP contribution < -0.4 is 0 Å². The Balaban J connectivity index is 2.37. The van der Waals surface area contributed by atoms with E-state index < -0.39 is 0 Å². The van der Waals surface area contributed by atoms with Crippen molar-refractivity contribution in [3.63, 3.8) is 0 Å². The molecule has 0 bridgehead atoms. The summed E-state index contributed by atoms with van der Waals surface area (Å²) in [4.78, 5) is 0. The van der Waals surface area contributed by atoms with E-state index in [9.17, 15) is 0 Å². The van der Waals surface area contributed by atoms with Gasteiger partial charge in [0, 0.05) is 0 Å². The number of hydrogen-bond donors (Lipinski definition) is 0. The number of allylic oxidation sites excluding steroid dienone is 2. The molecule has 0 amide bonds. The molecule has 0 N–H and O–H groups in total. The van der Waals surface area contributed by atoms with E-state index in [1.165, 1.54) is 11.1 Å². The quantitative estimate of drug-likeness (QED) is 0.607. The Labute approximate surface area is 81.3 Å². The van der Waals surface area contributed by atoms with Crippen LogP contribution in [0.5, 0.6) is 0 Å². The minimum absolute atomic E-state index is 1.15. The van der Waals surface area contributed by atoms with Crippen molar-refractivity contribution in [3.05, 3.63) is 47.5 Å². The number of benzene rings is 1. The van der Waals surface area contributed by atoms with Crippen LogP contribution in [0.3, 0.4) is 0 Å². The van der Waals surface area contributed by atoms with Crippen LogP contribution in [-0.2, 0) is 6.42 Å². The average molecular weight is 174 g/mol. The highest BCUT2D eigenvalue weighted by Gasteiger charge is 1.89. The lowest BCUT2D eigenvalue weighted by molar-refractivity contribution is 0.991. The molecule has 0 aliphatic carbocycles. The van der Waals surface area contributed by atoms with Crippen molar-refractivity contribution in [2.75, 3.05) is 0 Å². The summed E-state index contributed by atoms with van der Waals surface area (Å²) in [5.41, 5.74) is 2.78. The maximum atomic E-state index is 2.26. The zero-order chi connectivity index (χ0) is 9.52. The summed E-state index contributed by atoms with van der Waals surface area (Å²) in [6, 6.07) is 8.79. The van der Waals surface area contributed by atoms with Crippen LogP contribution in [0.1, 0.15) is 30.9 Å². The SMILES string of the molecule is CC/C=C\CCc1ccc(C)cc1. The van der Waals surface area contributed by atoms with E-state index >= 15 is 0 Å². The Hall–Kier alpha value is -1.04. The summed E-state index contributed by atoms with van der Waals surface area (Å²) >= 11 is 0. The van der Waals surface area contributed by atoms with E-state index in [2.05, 4.69) is 50.3 Å². The van der Waals surface area contributed by atoms with E-state index in [0.29, 0.717) is 0 Å². The van der Waals surface area contributed by atoms with Gasteiger partial charge in [0.25, 0.3) is 0 Å². The third kappa shape index (κ3) is 3.93. The van der Waals surface area contributed by atoms with Gasteiger partial charge in [-0.3, -0.25) is 0 Å². The Morgan fingerprint density at radius 3 is 2.38 bits per heavy atom. The van der Waals surface area contributed by atoms with Crippen molar-refractivity contribution in [3.8, 4) is 0 Å². The molecule has 1 rings (SSSR count). The first-order valence-corrected chi connectivity index (χ1v) is 5.03. The van der Waals surface area contributed by atoms with Crippen molar-refractivity contribution in [2.24, 2.45) is 0 Å². The molecule has 0 radical (unpaired) electrons. The normalized spacial score (nSPS) is 10.9. The summed E-state index contributed by atoms with van der Waals surface area (Å²) in [7, 11) is 0. The van der Waals surface area contributed by atoms with E-state index in [1.54, 1.807) is 0 Å². The van der Waals surface area contributed by atoms with Crippen molar-refractivity contribution in [2.45, 2.75) is 33.1 Å². The lowest BCUT2D eigenvalue weighted by atomic mass is 10.1. The Kier molecular flexibility index (Phi) is 4.31. The summed E-state index contributed by atoms with van der Waals surface area (Å²) in [6.07, 6.45) is 7.97. The smallest absolute Gasteiger partial charge is 0.0244 e. The standard InChI is InChI=1S/C13H18/c1-3-4-5-6-7-13-10-8-12(2)9-11-13/h4-5,8-11H,3,6-7H2,1-2H3/b5-4-. The maximum Gasteiger partial charge on any atom is -0.0244 e. The molecule has 0 saturated carbocycles. The first kappa shape index (κ1) is 10.0. The molecule has 0 spiro atoms. The summed E-state index contributed by atoms with van der Waals surface area (Å²) in [5, 5.41) is 0. The Morgan fingerprint density at radius 2 is 1.77 bits per heavy atom. The van der Waals surface area contributed by atoms with E-state index in [1.807, 2.05) is 0 Å². The highest BCUT2D eigenvalue weighted by atomic mass is 14.0. The summed E-state index contributed by atoms with van der Waals surface area (Å²) in [6.45, 7) is 4.29. The molecule has 0 atom stereocenters. The fourth-order valence-electron chi connectivity index (χ4n) is 1.29. The first-order valence-electron chi connectivity index (χ1n) is 5.03. The van der Waals surface area contributed by atoms with Gasteiger partial charge < -0.3 is 0 Å². The van der Waals surface area contributed by atoms with E-state index in [4.69, 9.17) is 0 Å². The molecule has 0 fully saturated rings. The van der Waals surface area contributed by atoms with Gasteiger partial charge in [-0.05, 0) is 31.7 Å². The number of hydrogen-bond acceptors (Lipinski definition) is 0. The molecule has 0 saturated heterocycles. The van der Waals surface area contributed by atoms with Crippen LogP contribution in [0.25, 0.3) is 0 Å². The average Bonchev–Trinajstić information content (AvgIpc) is 2.15. The van der Waals surface area contributed by atoms with Crippen LogP contribution in [0.4, 0.5) is 0 Å². The van der Waals surface area contributed by atoms with Gasteiger partial charge in [0.2, 0.25) is 0 Å². The van der Waals surface area contributed by atoms with E-state index in [-0.39, 0.29) is 0 Å². The largest absolute Gasteiger partial charge is 0.0888 e. The molecular formula is C13H18. The van der Waals surface area contributed by atoms with Gasteiger partial charge >= 0.3 is 0 Å². The van der Waals surface area contributed by atoms with E-state index in [0.717, 1.165) is 19.3 Å². The highest BCUT2D eigenvalue weighted by Crippen LogP contribution is 2.06. The lowest BCUT2D eigenvalue weighted by Crippen LogP contribution is -1.82. The molecule has 1 aromatic rings. The second-order valence-corrected chi connectivity index (χ2v) is 3.40. The molecule has 0 aliphatic heterocycles.